The van der Waals surface area contributed by atoms with E-state index in [1.165, 1.54) is 0 Å². The second kappa shape index (κ2) is 9.82. The fraction of sp³-hybridized carbons (Fsp3) is 0.550. The van der Waals surface area contributed by atoms with Crippen LogP contribution in [0.1, 0.15) is 51.5 Å². The molecule has 7 nitrogen and oxygen atoms in total. The first kappa shape index (κ1) is 22.1. The average molecular weight is 408 g/mol. The highest BCUT2D eigenvalue weighted by Crippen LogP contribution is 2.30. The van der Waals surface area contributed by atoms with Gasteiger partial charge in [0.05, 0.1) is 12.3 Å². The smallest absolute Gasteiger partial charge is 0.303 e. The summed E-state index contributed by atoms with van der Waals surface area (Å²) in [5.41, 5.74) is 5.43. The molecule has 0 unspecified atom stereocenters. The Balaban J connectivity index is 2.13. The van der Waals surface area contributed by atoms with Gasteiger partial charge in [0.25, 0.3) is 0 Å². The normalized spacial score (nSPS) is 15.7. The van der Waals surface area contributed by atoms with E-state index < -0.39 is 10.7 Å². The molecular weight excluding hydrogens is 378 g/mol. The molecule has 0 spiro atoms. The molecule has 2 rings (SSSR count). The molecule has 0 atom stereocenters. The van der Waals surface area contributed by atoms with Crippen LogP contribution >= 0.6 is 12.6 Å². The number of ether oxygens (including phenoxy) is 1. The van der Waals surface area contributed by atoms with Gasteiger partial charge in [-0.15, -0.1) is 0 Å². The third kappa shape index (κ3) is 7.07. The average Bonchev–Trinajstić information content (AvgIpc) is 2.74. The second-order valence-electron chi connectivity index (χ2n) is 7.63. The Morgan fingerprint density at radius 2 is 2.14 bits per heavy atom. The van der Waals surface area contributed by atoms with Crippen LogP contribution < -0.4 is 15.1 Å². The molecule has 28 heavy (non-hydrogen) atoms. The molecular formula is C20H29N3O4S. The first-order valence-electron chi connectivity index (χ1n) is 9.43. The summed E-state index contributed by atoms with van der Waals surface area (Å²) < 4.78 is 5.30. The van der Waals surface area contributed by atoms with Crippen molar-refractivity contribution in [3.8, 4) is 5.75 Å². The molecule has 0 aliphatic carbocycles. The number of aliphatic carboxylic acids is 1. The summed E-state index contributed by atoms with van der Waals surface area (Å²) in [4.78, 5) is 24.8. The molecule has 0 aromatic heterocycles. The predicted octanol–water partition coefficient (Wildman–Crippen LogP) is 3.08. The van der Waals surface area contributed by atoms with Crippen molar-refractivity contribution in [1.82, 2.24) is 5.43 Å². The molecule has 2 N–H and O–H groups in total. The highest BCUT2D eigenvalue weighted by Gasteiger charge is 2.20. The van der Waals surface area contributed by atoms with E-state index in [-0.39, 0.29) is 18.7 Å². The fourth-order valence-electron chi connectivity index (χ4n) is 2.99. The fourth-order valence-corrected chi connectivity index (χ4v) is 3.14. The predicted molar refractivity (Wildman–Crippen MR) is 114 cm³/mol. The maximum Gasteiger partial charge on any atom is 0.303 e. The summed E-state index contributed by atoms with van der Waals surface area (Å²) in [5, 5.41) is 13.1. The SMILES string of the molecule is CN1CCC/C(=N\NC(=O)CC(C)(C)S)c2ccc(OCCCC(=O)O)cc21. The molecule has 0 saturated carbocycles. The lowest BCUT2D eigenvalue weighted by Gasteiger charge is -2.20. The van der Waals surface area contributed by atoms with Crippen LogP contribution in [0.5, 0.6) is 5.75 Å². The Hall–Kier alpha value is -2.22. The zero-order valence-corrected chi connectivity index (χ0v) is 17.6. The molecule has 0 radical (unpaired) electrons. The van der Waals surface area contributed by atoms with Gasteiger partial charge in [-0.3, -0.25) is 9.59 Å². The Morgan fingerprint density at radius 1 is 1.39 bits per heavy atom. The Labute approximate surface area is 171 Å². The largest absolute Gasteiger partial charge is 0.494 e. The van der Waals surface area contributed by atoms with Crippen LogP contribution in [0.15, 0.2) is 23.3 Å². The molecule has 1 aromatic rings. The maximum absolute atomic E-state index is 12.1. The number of rotatable bonds is 8. The molecule has 1 aromatic carbocycles. The lowest BCUT2D eigenvalue weighted by Crippen LogP contribution is -2.27. The van der Waals surface area contributed by atoms with Crippen LogP contribution in [0.25, 0.3) is 0 Å². The molecule has 1 aliphatic rings. The summed E-state index contributed by atoms with van der Waals surface area (Å²) in [6, 6.07) is 5.74. The highest BCUT2D eigenvalue weighted by molar-refractivity contribution is 7.81. The molecule has 0 fully saturated rings. The standard InChI is InChI=1S/C20H29N3O4S/c1-20(2,28)13-18(24)22-21-16-6-4-10-23(3)17-12-14(8-9-15(16)17)27-11-5-7-19(25)26/h8-9,12,28H,4-7,10-11,13H2,1-3H3,(H,22,24)(H,25,26)/b21-16+. The molecule has 1 aliphatic heterocycles. The van der Waals surface area contributed by atoms with Gasteiger partial charge >= 0.3 is 5.97 Å². The number of carbonyl (C=O) groups is 2. The van der Waals surface area contributed by atoms with E-state index in [4.69, 9.17) is 9.84 Å². The van der Waals surface area contributed by atoms with E-state index in [0.29, 0.717) is 18.8 Å². The van der Waals surface area contributed by atoms with Crippen LogP contribution in [-0.4, -0.2) is 47.6 Å². The lowest BCUT2D eigenvalue weighted by molar-refractivity contribution is -0.137. The van der Waals surface area contributed by atoms with Gasteiger partial charge in [-0.05, 0) is 31.4 Å². The highest BCUT2D eigenvalue weighted by atomic mass is 32.1. The summed E-state index contributed by atoms with van der Waals surface area (Å²) in [5.74, 6) is -0.294. The Morgan fingerprint density at radius 3 is 2.82 bits per heavy atom. The maximum atomic E-state index is 12.1. The van der Waals surface area contributed by atoms with E-state index in [1.807, 2.05) is 39.1 Å². The summed E-state index contributed by atoms with van der Waals surface area (Å²) in [6.07, 6.45) is 2.52. The molecule has 8 heteroatoms. The second-order valence-corrected chi connectivity index (χ2v) is 8.84. The van der Waals surface area contributed by atoms with Gasteiger partial charge in [-0.2, -0.15) is 17.7 Å². The van der Waals surface area contributed by atoms with Gasteiger partial charge in [0.15, 0.2) is 0 Å². The van der Waals surface area contributed by atoms with E-state index in [9.17, 15) is 9.59 Å². The minimum Gasteiger partial charge on any atom is -0.494 e. The van der Waals surface area contributed by atoms with Gasteiger partial charge in [0, 0.05) is 48.5 Å². The number of hydrogen-bond acceptors (Lipinski definition) is 6. The van der Waals surface area contributed by atoms with Crippen molar-refractivity contribution in [3.05, 3.63) is 23.8 Å². The number of carbonyl (C=O) groups excluding carboxylic acids is 1. The number of hydrazone groups is 1. The van der Waals surface area contributed by atoms with E-state index in [0.717, 1.165) is 36.3 Å². The van der Waals surface area contributed by atoms with Crippen LogP contribution in [0.4, 0.5) is 5.69 Å². The minimum absolute atomic E-state index is 0.0877. The van der Waals surface area contributed by atoms with E-state index >= 15 is 0 Å². The number of nitrogens with zero attached hydrogens (tertiary/aromatic N) is 2. The van der Waals surface area contributed by atoms with E-state index in [2.05, 4.69) is 28.1 Å². The van der Waals surface area contributed by atoms with Gasteiger partial charge in [0.1, 0.15) is 5.75 Å². The first-order chi connectivity index (χ1) is 13.2. The summed E-state index contributed by atoms with van der Waals surface area (Å²) in [7, 11) is 2.01. The number of benzene rings is 1. The number of hydrogen-bond donors (Lipinski definition) is 3. The van der Waals surface area contributed by atoms with Gasteiger partial charge in [-0.25, -0.2) is 5.43 Å². The number of carboxylic acid groups (broad SMARTS) is 1. The molecule has 1 heterocycles. The first-order valence-corrected chi connectivity index (χ1v) is 9.88. The zero-order chi connectivity index (χ0) is 20.7. The molecule has 0 bridgehead atoms. The van der Waals surface area contributed by atoms with Gasteiger partial charge in [-0.1, -0.05) is 13.8 Å². The number of nitrogens with one attached hydrogen (secondary N) is 1. The van der Waals surface area contributed by atoms with Crippen LogP contribution in [0.2, 0.25) is 0 Å². The minimum atomic E-state index is -0.825. The number of fused-ring (bicyclic) bond motifs is 1. The quantitative estimate of drug-likeness (QED) is 0.350. The summed E-state index contributed by atoms with van der Waals surface area (Å²) in [6.45, 7) is 4.99. The van der Waals surface area contributed by atoms with Crippen LogP contribution in [-0.2, 0) is 9.59 Å². The van der Waals surface area contributed by atoms with Crippen molar-refractivity contribution in [2.45, 2.75) is 50.7 Å². The van der Waals surface area contributed by atoms with E-state index in [1.54, 1.807) is 0 Å². The number of thiol groups is 1. The van der Waals surface area contributed by atoms with Crippen molar-refractivity contribution >= 4 is 35.9 Å². The van der Waals surface area contributed by atoms with Crippen LogP contribution in [0, 0.1) is 0 Å². The van der Waals surface area contributed by atoms with Crippen molar-refractivity contribution in [3.63, 3.8) is 0 Å². The van der Waals surface area contributed by atoms with Crippen molar-refractivity contribution in [2.75, 3.05) is 25.1 Å². The molecule has 154 valence electrons. The number of anilines is 1. The Kier molecular flexibility index (Phi) is 7.74. The third-order valence-electron chi connectivity index (χ3n) is 4.31. The van der Waals surface area contributed by atoms with Crippen LogP contribution in [0.3, 0.4) is 0 Å². The topological polar surface area (TPSA) is 91.2 Å². The van der Waals surface area contributed by atoms with Crippen molar-refractivity contribution in [1.29, 1.82) is 0 Å². The number of amides is 1. The van der Waals surface area contributed by atoms with Gasteiger partial charge in [0.2, 0.25) is 5.91 Å². The monoisotopic (exact) mass is 407 g/mol. The number of carboxylic acids is 1. The molecule has 0 saturated heterocycles. The lowest BCUT2D eigenvalue weighted by atomic mass is 10.1. The molecule has 1 amide bonds. The summed E-state index contributed by atoms with van der Waals surface area (Å²) >= 11 is 4.38. The van der Waals surface area contributed by atoms with Crippen molar-refractivity contribution in [2.24, 2.45) is 5.10 Å². The zero-order valence-electron chi connectivity index (χ0n) is 16.7. The van der Waals surface area contributed by atoms with Crippen molar-refractivity contribution < 1.29 is 19.4 Å². The van der Waals surface area contributed by atoms with Gasteiger partial charge < -0.3 is 14.7 Å². The Bertz CT molecular complexity index is 743. The third-order valence-corrected chi connectivity index (χ3v) is 4.47.